The van der Waals surface area contributed by atoms with Crippen molar-refractivity contribution in [3.05, 3.63) is 11.6 Å². The van der Waals surface area contributed by atoms with E-state index in [0.29, 0.717) is 0 Å². The molecule has 0 bridgehead atoms. The predicted octanol–water partition coefficient (Wildman–Crippen LogP) is 3.31. The second kappa shape index (κ2) is 3.59. The highest BCUT2D eigenvalue weighted by atomic mass is 127. The molecular weight excluding hydrogens is 223 g/mol. The molecule has 0 nitrogen and oxygen atoms in total. The molecule has 0 aromatic rings. The third-order valence-electron chi connectivity index (χ3n) is 1.97. The Morgan fingerprint density at radius 1 is 1.44 bits per heavy atom. The van der Waals surface area contributed by atoms with Gasteiger partial charge in [-0.1, -0.05) is 34.2 Å². The Balaban J connectivity index is 2.35. The first kappa shape index (κ1) is 7.58. The quantitative estimate of drug-likeness (QED) is 0.344. The fourth-order valence-electron chi connectivity index (χ4n) is 1.24. The molecule has 1 aliphatic carbocycles. The Bertz CT molecular complexity index is 106. The van der Waals surface area contributed by atoms with Crippen LogP contribution in [0, 0.1) is 0 Å². The van der Waals surface area contributed by atoms with Crippen LogP contribution in [0.2, 0.25) is 0 Å². The Morgan fingerprint density at radius 2 is 2.00 bits per heavy atom. The molecule has 0 N–H and O–H groups in total. The van der Waals surface area contributed by atoms with Crippen LogP contribution < -0.4 is 0 Å². The number of hydrogen-bond acceptors (Lipinski definition) is 0. The normalized spacial score (nSPS) is 28.2. The summed E-state index contributed by atoms with van der Waals surface area (Å²) in [5.41, 5.74) is 1.67. The van der Waals surface area contributed by atoms with Crippen molar-refractivity contribution in [1.82, 2.24) is 0 Å². The first-order valence-corrected chi connectivity index (χ1v) is 4.85. The van der Waals surface area contributed by atoms with Crippen LogP contribution in [-0.4, -0.2) is 3.92 Å². The Hall–Kier alpha value is 0.470. The third kappa shape index (κ3) is 2.28. The summed E-state index contributed by atoms with van der Waals surface area (Å²) in [6.45, 7) is 2.16. The Labute approximate surface area is 70.9 Å². The average molecular weight is 236 g/mol. The fourth-order valence-corrected chi connectivity index (χ4v) is 1.86. The molecule has 1 rings (SSSR count). The molecule has 0 amide bonds. The molecule has 0 radical (unpaired) electrons. The van der Waals surface area contributed by atoms with Crippen molar-refractivity contribution in [1.29, 1.82) is 0 Å². The molecule has 0 saturated heterocycles. The number of halogens is 1. The highest BCUT2D eigenvalue weighted by Gasteiger charge is 2.11. The summed E-state index contributed by atoms with van der Waals surface area (Å²) in [7, 11) is 0. The molecule has 9 heavy (non-hydrogen) atoms. The SMILES string of the molecule is CC=C1CCC(I)CC1. The molecule has 0 aromatic carbocycles. The summed E-state index contributed by atoms with van der Waals surface area (Å²) in [6, 6.07) is 0. The predicted molar refractivity (Wildman–Crippen MR) is 50.0 cm³/mol. The molecule has 1 fully saturated rings. The molecule has 0 unspecified atom stereocenters. The maximum atomic E-state index is 2.56. The summed E-state index contributed by atoms with van der Waals surface area (Å²) in [5.74, 6) is 0. The first-order valence-electron chi connectivity index (χ1n) is 3.61. The van der Waals surface area contributed by atoms with Gasteiger partial charge in [-0.3, -0.25) is 0 Å². The first-order chi connectivity index (χ1) is 4.33. The number of rotatable bonds is 0. The van der Waals surface area contributed by atoms with Crippen molar-refractivity contribution in [2.75, 3.05) is 0 Å². The molecule has 1 saturated carbocycles. The van der Waals surface area contributed by atoms with Crippen LogP contribution in [0.4, 0.5) is 0 Å². The van der Waals surface area contributed by atoms with Crippen molar-refractivity contribution in [2.45, 2.75) is 36.5 Å². The van der Waals surface area contributed by atoms with E-state index in [1.54, 1.807) is 5.57 Å². The van der Waals surface area contributed by atoms with E-state index in [1.165, 1.54) is 25.7 Å². The lowest BCUT2D eigenvalue weighted by atomic mass is 9.95. The third-order valence-corrected chi connectivity index (χ3v) is 3.21. The molecule has 52 valence electrons. The fraction of sp³-hybridized carbons (Fsp3) is 0.750. The van der Waals surface area contributed by atoms with Gasteiger partial charge in [0.25, 0.3) is 0 Å². The van der Waals surface area contributed by atoms with Gasteiger partial charge in [0.05, 0.1) is 0 Å². The van der Waals surface area contributed by atoms with Gasteiger partial charge in [-0.15, -0.1) is 0 Å². The summed E-state index contributed by atoms with van der Waals surface area (Å²) >= 11 is 2.56. The van der Waals surface area contributed by atoms with Crippen molar-refractivity contribution < 1.29 is 0 Å². The van der Waals surface area contributed by atoms with Gasteiger partial charge in [-0.05, 0) is 32.6 Å². The van der Waals surface area contributed by atoms with Gasteiger partial charge in [0.1, 0.15) is 0 Å². The van der Waals surface area contributed by atoms with Gasteiger partial charge in [-0.25, -0.2) is 0 Å². The van der Waals surface area contributed by atoms with Crippen molar-refractivity contribution in [3.63, 3.8) is 0 Å². The Morgan fingerprint density at radius 3 is 2.44 bits per heavy atom. The van der Waals surface area contributed by atoms with Gasteiger partial charge in [0.15, 0.2) is 0 Å². The van der Waals surface area contributed by atoms with E-state index < -0.39 is 0 Å². The Kier molecular flexibility index (Phi) is 3.02. The second-order valence-corrected chi connectivity index (χ2v) is 4.38. The van der Waals surface area contributed by atoms with Gasteiger partial charge in [-0.2, -0.15) is 0 Å². The standard InChI is InChI=1S/C8H13I/c1-2-7-3-5-8(9)6-4-7/h2,8H,3-6H2,1H3. The van der Waals surface area contributed by atoms with Gasteiger partial charge >= 0.3 is 0 Å². The minimum Gasteiger partial charge on any atom is -0.0885 e. The van der Waals surface area contributed by atoms with Crippen molar-refractivity contribution in [2.24, 2.45) is 0 Å². The van der Waals surface area contributed by atoms with E-state index in [-0.39, 0.29) is 0 Å². The molecule has 0 atom stereocenters. The lowest BCUT2D eigenvalue weighted by molar-refractivity contribution is 0.630. The minimum atomic E-state index is 0.950. The van der Waals surface area contributed by atoms with E-state index >= 15 is 0 Å². The molecule has 0 spiro atoms. The highest BCUT2D eigenvalue weighted by molar-refractivity contribution is 14.1. The van der Waals surface area contributed by atoms with Crippen LogP contribution in [-0.2, 0) is 0 Å². The van der Waals surface area contributed by atoms with Crippen LogP contribution in [0.25, 0.3) is 0 Å². The van der Waals surface area contributed by atoms with Crippen LogP contribution in [0.5, 0.6) is 0 Å². The molecule has 0 aromatic heterocycles. The minimum absolute atomic E-state index is 0.950. The van der Waals surface area contributed by atoms with E-state index in [4.69, 9.17) is 0 Å². The zero-order valence-corrected chi connectivity index (χ0v) is 8.02. The molecule has 1 aliphatic rings. The van der Waals surface area contributed by atoms with E-state index in [9.17, 15) is 0 Å². The van der Waals surface area contributed by atoms with Crippen LogP contribution >= 0.6 is 22.6 Å². The van der Waals surface area contributed by atoms with Gasteiger partial charge in [0.2, 0.25) is 0 Å². The smallest absolute Gasteiger partial charge is 0.0116 e. The largest absolute Gasteiger partial charge is 0.0885 e. The van der Waals surface area contributed by atoms with Crippen LogP contribution in [0.15, 0.2) is 11.6 Å². The van der Waals surface area contributed by atoms with Crippen LogP contribution in [0.3, 0.4) is 0 Å². The second-order valence-electron chi connectivity index (χ2n) is 2.62. The molecular formula is C8H13I. The van der Waals surface area contributed by atoms with Gasteiger partial charge < -0.3 is 0 Å². The topological polar surface area (TPSA) is 0 Å². The molecule has 0 aliphatic heterocycles. The van der Waals surface area contributed by atoms with Gasteiger partial charge in [0, 0.05) is 3.92 Å². The number of hydrogen-bond donors (Lipinski definition) is 0. The zero-order chi connectivity index (χ0) is 6.69. The summed E-state index contributed by atoms with van der Waals surface area (Å²) in [4.78, 5) is 0. The van der Waals surface area contributed by atoms with E-state index in [2.05, 4.69) is 35.6 Å². The highest BCUT2D eigenvalue weighted by Crippen LogP contribution is 2.27. The zero-order valence-electron chi connectivity index (χ0n) is 5.86. The van der Waals surface area contributed by atoms with Crippen molar-refractivity contribution in [3.8, 4) is 0 Å². The lowest BCUT2D eigenvalue weighted by Gasteiger charge is -2.18. The molecule has 0 heterocycles. The molecule has 1 heteroatoms. The number of allylic oxidation sites excluding steroid dienone is 2. The summed E-state index contributed by atoms with van der Waals surface area (Å²) in [5, 5.41) is 0. The van der Waals surface area contributed by atoms with Crippen molar-refractivity contribution >= 4 is 22.6 Å². The van der Waals surface area contributed by atoms with Crippen LogP contribution in [0.1, 0.15) is 32.6 Å². The van der Waals surface area contributed by atoms with E-state index in [1.807, 2.05) is 0 Å². The monoisotopic (exact) mass is 236 g/mol. The maximum Gasteiger partial charge on any atom is 0.0116 e. The summed E-state index contributed by atoms with van der Waals surface area (Å²) < 4.78 is 0.950. The number of alkyl halides is 1. The summed E-state index contributed by atoms with van der Waals surface area (Å²) in [6.07, 6.45) is 7.79. The average Bonchev–Trinajstić information content (AvgIpc) is 1.90. The lowest BCUT2D eigenvalue weighted by Crippen LogP contribution is -2.05. The maximum absolute atomic E-state index is 2.56. The van der Waals surface area contributed by atoms with E-state index in [0.717, 1.165) is 3.92 Å².